The van der Waals surface area contributed by atoms with E-state index in [0.717, 1.165) is 15.6 Å². The van der Waals surface area contributed by atoms with Crippen LogP contribution in [0.5, 0.6) is 11.5 Å². The minimum Gasteiger partial charge on any atom is -0.495 e. The summed E-state index contributed by atoms with van der Waals surface area (Å²) in [5.74, 6) is 0.148. The molecule has 2 heterocycles. The van der Waals surface area contributed by atoms with Gasteiger partial charge in [-0.3, -0.25) is 4.98 Å². The summed E-state index contributed by atoms with van der Waals surface area (Å²) in [6.07, 6.45) is 2.03. The van der Waals surface area contributed by atoms with Crippen LogP contribution in [0.25, 0.3) is 0 Å². The quantitative estimate of drug-likeness (QED) is 0.545. The van der Waals surface area contributed by atoms with Gasteiger partial charge in [0.1, 0.15) is 11.5 Å². The molecular formula is C26H27BrN2O4. The van der Waals surface area contributed by atoms with Crippen LogP contribution < -0.4 is 9.47 Å². The van der Waals surface area contributed by atoms with Crippen molar-refractivity contribution in [2.75, 3.05) is 27.7 Å². The van der Waals surface area contributed by atoms with Gasteiger partial charge in [0.2, 0.25) is 0 Å². The SMILES string of the molecule is COc1cncc2c1[C@]1(O)[C@H](O)C(CN(C)C)[C@@H](c3ccccc3)[C@]1(c1ccc(Br)cc1)O2. The molecule has 5 atom stereocenters. The molecule has 2 aliphatic rings. The van der Waals surface area contributed by atoms with E-state index in [0.29, 0.717) is 23.6 Å². The molecule has 172 valence electrons. The fraction of sp³-hybridized carbons (Fsp3) is 0.346. The third-order valence-corrected chi connectivity index (χ3v) is 7.55. The van der Waals surface area contributed by atoms with Crippen LogP contribution in [-0.2, 0) is 11.2 Å². The minimum atomic E-state index is -1.76. The highest BCUT2D eigenvalue weighted by Gasteiger charge is 2.76. The lowest BCUT2D eigenvalue weighted by Crippen LogP contribution is -2.52. The summed E-state index contributed by atoms with van der Waals surface area (Å²) in [4.78, 5) is 6.29. The number of aliphatic hydroxyl groups excluding tert-OH is 1. The average molecular weight is 511 g/mol. The zero-order valence-electron chi connectivity index (χ0n) is 18.8. The Morgan fingerprint density at radius 3 is 2.42 bits per heavy atom. The van der Waals surface area contributed by atoms with Gasteiger partial charge in [-0.25, -0.2) is 0 Å². The Morgan fingerprint density at radius 2 is 1.79 bits per heavy atom. The summed E-state index contributed by atoms with van der Waals surface area (Å²) < 4.78 is 13.3. The topological polar surface area (TPSA) is 75.0 Å². The number of rotatable bonds is 5. The molecule has 0 bridgehead atoms. The van der Waals surface area contributed by atoms with E-state index in [1.807, 2.05) is 73.6 Å². The number of aliphatic hydroxyl groups is 2. The highest BCUT2D eigenvalue weighted by Crippen LogP contribution is 2.69. The highest BCUT2D eigenvalue weighted by molar-refractivity contribution is 9.10. The summed E-state index contributed by atoms with van der Waals surface area (Å²) in [5.41, 5.74) is -0.834. The third-order valence-electron chi connectivity index (χ3n) is 7.02. The van der Waals surface area contributed by atoms with Crippen molar-refractivity contribution in [3.63, 3.8) is 0 Å². The first-order chi connectivity index (χ1) is 15.8. The molecule has 1 aliphatic heterocycles. The van der Waals surface area contributed by atoms with E-state index in [9.17, 15) is 10.2 Å². The van der Waals surface area contributed by atoms with Crippen LogP contribution >= 0.6 is 15.9 Å². The molecule has 1 fully saturated rings. The summed E-state index contributed by atoms with van der Waals surface area (Å²) in [7, 11) is 5.48. The van der Waals surface area contributed by atoms with Crippen LogP contribution in [0.2, 0.25) is 0 Å². The summed E-state index contributed by atoms with van der Waals surface area (Å²) >= 11 is 3.52. The molecule has 2 aromatic carbocycles. The van der Waals surface area contributed by atoms with Crippen molar-refractivity contribution in [2.45, 2.75) is 23.2 Å². The maximum atomic E-state index is 12.6. The fourth-order valence-electron chi connectivity index (χ4n) is 5.85. The first kappa shape index (κ1) is 22.3. The van der Waals surface area contributed by atoms with Gasteiger partial charge >= 0.3 is 0 Å². The number of benzene rings is 2. The van der Waals surface area contributed by atoms with Crippen LogP contribution in [0.15, 0.2) is 71.5 Å². The van der Waals surface area contributed by atoms with Crippen LogP contribution in [0.1, 0.15) is 22.6 Å². The number of halogens is 1. The number of pyridine rings is 1. The van der Waals surface area contributed by atoms with Crippen LogP contribution in [0.3, 0.4) is 0 Å². The molecule has 1 aliphatic carbocycles. The van der Waals surface area contributed by atoms with Crippen LogP contribution in [0, 0.1) is 5.92 Å². The average Bonchev–Trinajstić information content (AvgIpc) is 3.18. The molecule has 1 unspecified atom stereocenters. The first-order valence-electron chi connectivity index (χ1n) is 10.9. The van der Waals surface area contributed by atoms with Gasteiger partial charge in [-0.2, -0.15) is 0 Å². The molecule has 33 heavy (non-hydrogen) atoms. The maximum Gasteiger partial charge on any atom is 0.177 e. The van der Waals surface area contributed by atoms with E-state index in [1.54, 1.807) is 12.4 Å². The maximum absolute atomic E-state index is 12.6. The number of nitrogens with zero attached hydrogens (tertiary/aromatic N) is 2. The summed E-state index contributed by atoms with van der Waals surface area (Å²) in [5, 5.41) is 24.5. The lowest BCUT2D eigenvalue weighted by Gasteiger charge is -2.41. The summed E-state index contributed by atoms with van der Waals surface area (Å²) in [6, 6.07) is 17.7. The zero-order chi connectivity index (χ0) is 23.4. The second-order valence-corrected chi connectivity index (χ2v) is 10.0. The second-order valence-electron chi connectivity index (χ2n) is 9.09. The van der Waals surface area contributed by atoms with E-state index >= 15 is 0 Å². The largest absolute Gasteiger partial charge is 0.495 e. The van der Waals surface area contributed by atoms with E-state index in [4.69, 9.17) is 9.47 Å². The van der Waals surface area contributed by atoms with E-state index in [-0.39, 0.29) is 11.8 Å². The van der Waals surface area contributed by atoms with Gasteiger partial charge in [-0.05, 0) is 37.4 Å². The van der Waals surface area contributed by atoms with Crippen molar-refractivity contribution in [1.82, 2.24) is 9.88 Å². The fourth-order valence-corrected chi connectivity index (χ4v) is 6.12. The van der Waals surface area contributed by atoms with Crippen molar-refractivity contribution in [3.8, 4) is 11.5 Å². The molecule has 3 aromatic rings. The molecule has 5 rings (SSSR count). The van der Waals surface area contributed by atoms with Crippen molar-refractivity contribution in [3.05, 3.63) is 88.2 Å². The Kier molecular flexibility index (Phi) is 5.48. The molecule has 0 radical (unpaired) electrons. The van der Waals surface area contributed by atoms with Gasteiger partial charge < -0.3 is 24.6 Å². The minimum absolute atomic E-state index is 0.318. The Morgan fingerprint density at radius 1 is 1.09 bits per heavy atom. The highest BCUT2D eigenvalue weighted by atomic mass is 79.9. The van der Waals surface area contributed by atoms with E-state index < -0.39 is 17.3 Å². The molecule has 6 nitrogen and oxygen atoms in total. The van der Waals surface area contributed by atoms with E-state index in [2.05, 4.69) is 20.9 Å². The predicted octanol–water partition coefficient (Wildman–Crippen LogP) is 3.66. The molecule has 0 spiro atoms. The van der Waals surface area contributed by atoms with Gasteiger partial charge in [0.15, 0.2) is 11.2 Å². The van der Waals surface area contributed by atoms with Crippen molar-refractivity contribution >= 4 is 15.9 Å². The smallest absolute Gasteiger partial charge is 0.177 e. The van der Waals surface area contributed by atoms with Crippen molar-refractivity contribution < 1.29 is 19.7 Å². The zero-order valence-corrected chi connectivity index (χ0v) is 20.4. The number of methoxy groups -OCH3 is 1. The first-order valence-corrected chi connectivity index (χ1v) is 11.7. The standard InChI is InChI=1S/C26H27BrN2O4/c1-29(2)15-19-22(16-7-5-4-6-8-16)26(17-9-11-18(27)12-10-17)25(31,24(19)30)23-20(32-3)13-28-14-21(23)33-26/h4-14,19,22,24,30-31H,15H2,1-3H3/t19?,22-,24-,25+,26+/m1/s1. The summed E-state index contributed by atoms with van der Waals surface area (Å²) in [6.45, 7) is 0.563. The molecule has 0 amide bonds. The Bertz CT molecular complexity index is 1160. The van der Waals surface area contributed by atoms with Gasteiger partial charge in [-0.1, -0.05) is 58.4 Å². The van der Waals surface area contributed by atoms with Gasteiger partial charge in [0.25, 0.3) is 0 Å². The number of fused-ring (bicyclic) bond motifs is 3. The normalized spacial score (nSPS) is 30.1. The molecule has 2 N–H and O–H groups in total. The van der Waals surface area contributed by atoms with Crippen molar-refractivity contribution in [2.24, 2.45) is 5.92 Å². The van der Waals surface area contributed by atoms with E-state index in [1.165, 1.54) is 7.11 Å². The Hall–Kier alpha value is -2.45. The van der Waals surface area contributed by atoms with Crippen LogP contribution in [-0.4, -0.2) is 54.0 Å². The molecule has 7 heteroatoms. The number of hydrogen-bond acceptors (Lipinski definition) is 6. The lowest BCUT2D eigenvalue weighted by atomic mass is 9.70. The monoisotopic (exact) mass is 510 g/mol. The molecule has 1 aromatic heterocycles. The number of ether oxygens (including phenoxy) is 2. The Balaban J connectivity index is 1.86. The Labute approximate surface area is 201 Å². The predicted molar refractivity (Wildman–Crippen MR) is 128 cm³/mol. The van der Waals surface area contributed by atoms with Crippen LogP contribution in [0.4, 0.5) is 0 Å². The molecular weight excluding hydrogens is 484 g/mol. The molecule has 0 saturated heterocycles. The van der Waals surface area contributed by atoms with Crippen molar-refractivity contribution in [1.29, 1.82) is 0 Å². The second kappa shape index (κ2) is 8.09. The lowest BCUT2D eigenvalue weighted by molar-refractivity contribution is -0.152. The third kappa shape index (κ3) is 3.06. The number of hydrogen-bond donors (Lipinski definition) is 2. The molecule has 1 saturated carbocycles. The number of aromatic nitrogens is 1. The van der Waals surface area contributed by atoms with Gasteiger partial charge in [0, 0.05) is 22.9 Å². The van der Waals surface area contributed by atoms with Gasteiger partial charge in [0.05, 0.1) is 31.2 Å². The van der Waals surface area contributed by atoms with Gasteiger partial charge in [-0.15, -0.1) is 0 Å².